The van der Waals surface area contributed by atoms with Crippen molar-refractivity contribution in [1.29, 1.82) is 0 Å². The second kappa shape index (κ2) is 9.57. The predicted octanol–water partition coefficient (Wildman–Crippen LogP) is 2.39. The number of aliphatic hydroxyl groups excluding tert-OH is 1. The standard InChI is InChI=1S/C19H28N2O3/c1-15-18(14-23)17-5-3-4-6-19(17)21(15)13-16(8-11-22)7-9-20-10-12-24-2/h3-6,14,16,20,22H,7-13H2,1-2H3. The van der Waals surface area contributed by atoms with E-state index in [9.17, 15) is 9.90 Å². The lowest BCUT2D eigenvalue weighted by Crippen LogP contribution is -2.24. The van der Waals surface area contributed by atoms with Gasteiger partial charge in [-0.3, -0.25) is 4.79 Å². The van der Waals surface area contributed by atoms with Crippen LogP contribution in [0.4, 0.5) is 0 Å². The molecule has 0 aliphatic heterocycles. The maximum absolute atomic E-state index is 11.5. The van der Waals surface area contributed by atoms with E-state index in [0.717, 1.165) is 60.9 Å². The fraction of sp³-hybridized carbons (Fsp3) is 0.526. The van der Waals surface area contributed by atoms with E-state index in [1.807, 2.05) is 25.1 Å². The van der Waals surface area contributed by atoms with Crippen LogP contribution in [0.25, 0.3) is 10.9 Å². The number of aliphatic hydroxyl groups is 1. The van der Waals surface area contributed by atoms with Gasteiger partial charge in [0.05, 0.1) is 6.61 Å². The molecule has 1 aromatic heterocycles. The zero-order chi connectivity index (χ0) is 17.4. The molecule has 132 valence electrons. The fourth-order valence-corrected chi connectivity index (χ4v) is 3.21. The van der Waals surface area contributed by atoms with E-state index in [0.29, 0.717) is 12.5 Å². The summed E-state index contributed by atoms with van der Waals surface area (Å²) in [5.74, 6) is 0.360. The van der Waals surface area contributed by atoms with Gasteiger partial charge in [0.1, 0.15) is 0 Å². The van der Waals surface area contributed by atoms with Gasteiger partial charge in [-0.2, -0.15) is 0 Å². The molecule has 0 saturated carbocycles. The van der Waals surface area contributed by atoms with Gasteiger partial charge in [0.15, 0.2) is 6.29 Å². The highest BCUT2D eigenvalue weighted by Crippen LogP contribution is 2.26. The van der Waals surface area contributed by atoms with Crippen LogP contribution in [-0.2, 0) is 11.3 Å². The summed E-state index contributed by atoms with van der Waals surface area (Å²) in [6, 6.07) is 8.02. The minimum atomic E-state index is 0.182. The number of rotatable bonds is 11. The molecular formula is C19H28N2O3. The van der Waals surface area contributed by atoms with Crippen molar-refractivity contribution in [3.05, 3.63) is 35.5 Å². The van der Waals surface area contributed by atoms with Crippen LogP contribution in [0.15, 0.2) is 24.3 Å². The number of carbonyl (C=O) groups excluding carboxylic acids is 1. The predicted molar refractivity (Wildman–Crippen MR) is 96.6 cm³/mol. The molecule has 0 bridgehead atoms. The van der Waals surface area contributed by atoms with Gasteiger partial charge in [0.2, 0.25) is 0 Å². The van der Waals surface area contributed by atoms with Crippen molar-refractivity contribution in [2.45, 2.75) is 26.3 Å². The van der Waals surface area contributed by atoms with Gasteiger partial charge in [-0.25, -0.2) is 0 Å². The Morgan fingerprint density at radius 3 is 2.79 bits per heavy atom. The van der Waals surface area contributed by atoms with Gasteiger partial charge in [0, 0.05) is 49.0 Å². The minimum Gasteiger partial charge on any atom is -0.396 e. The SMILES string of the molecule is COCCNCCC(CCO)Cn1c(C)c(C=O)c2ccccc21. The number of aromatic nitrogens is 1. The number of benzene rings is 1. The highest BCUT2D eigenvalue weighted by Gasteiger charge is 2.16. The fourth-order valence-electron chi connectivity index (χ4n) is 3.21. The average Bonchev–Trinajstić information content (AvgIpc) is 2.86. The molecule has 1 unspecified atom stereocenters. The number of carbonyl (C=O) groups is 1. The maximum Gasteiger partial charge on any atom is 0.152 e. The molecule has 0 aliphatic carbocycles. The number of para-hydroxylation sites is 1. The van der Waals surface area contributed by atoms with Crippen molar-refractivity contribution >= 4 is 17.2 Å². The van der Waals surface area contributed by atoms with Crippen LogP contribution in [-0.4, -0.2) is 49.4 Å². The Labute approximate surface area is 143 Å². The van der Waals surface area contributed by atoms with Crippen molar-refractivity contribution in [1.82, 2.24) is 9.88 Å². The molecule has 0 aliphatic rings. The van der Waals surface area contributed by atoms with Crippen molar-refractivity contribution in [2.24, 2.45) is 5.92 Å². The van der Waals surface area contributed by atoms with Gasteiger partial charge in [0.25, 0.3) is 0 Å². The first-order valence-corrected chi connectivity index (χ1v) is 8.56. The molecule has 24 heavy (non-hydrogen) atoms. The van der Waals surface area contributed by atoms with Crippen molar-refractivity contribution in [3.8, 4) is 0 Å². The van der Waals surface area contributed by atoms with E-state index in [2.05, 4.69) is 16.0 Å². The third kappa shape index (κ3) is 4.44. The highest BCUT2D eigenvalue weighted by atomic mass is 16.5. The molecule has 2 aromatic rings. The van der Waals surface area contributed by atoms with Gasteiger partial charge < -0.3 is 19.7 Å². The average molecular weight is 332 g/mol. The molecule has 0 saturated heterocycles. The summed E-state index contributed by atoms with van der Waals surface area (Å²) in [7, 11) is 1.70. The normalized spacial score (nSPS) is 12.6. The van der Waals surface area contributed by atoms with Gasteiger partial charge >= 0.3 is 0 Å². The number of methoxy groups -OCH3 is 1. The summed E-state index contributed by atoms with van der Waals surface area (Å²) in [6.45, 7) is 5.43. The Morgan fingerprint density at radius 1 is 1.29 bits per heavy atom. The van der Waals surface area contributed by atoms with Crippen molar-refractivity contribution < 1.29 is 14.6 Å². The van der Waals surface area contributed by atoms with Crippen LogP contribution in [0, 0.1) is 12.8 Å². The molecule has 0 fully saturated rings. The zero-order valence-electron chi connectivity index (χ0n) is 14.6. The van der Waals surface area contributed by atoms with E-state index in [1.165, 1.54) is 0 Å². The Kier molecular flexibility index (Phi) is 7.43. The van der Waals surface area contributed by atoms with E-state index in [4.69, 9.17) is 4.74 Å². The van der Waals surface area contributed by atoms with Gasteiger partial charge in [-0.1, -0.05) is 18.2 Å². The maximum atomic E-state index is 11.5. The number of nitrogens with zero attached hydrogens (tertiary/aromatic N) is 1. The van der Waals surface area contributed by atoms with Gasteiger partial charge in [-0.05, 0) is 38.3 Å². The Morgan fingerprint density at radius 2 is 2.08 bits per heavy atom. The molecule has 0 radical (unpaired) electrons. The Balaban J connectivity index is 2.12. The first-order valence-electron chi connectivity index (χ1n) is 8.56. The summed E-state index contributed by atoms with van der Waals surface area (Å²) in [4.78, 5) is 11.5. The monoisotopic (exact) mass is 332 g/mol. The summed E-state index contributed by atoms with van der Waals surface area (Å²) in [6.07, 6.45) is 2.68. The van der Waals surface area contributed by atoms with Crippen LogP contribution in [0.3, 0.4) is 0 Å². The molecule has 2 N–H and O–H groups in total. The molecular weight excluding hydrogens is 304 g/mol. The molecule has 0 spiro atoms. The number of nitrogens with one attached hydrogen (secondary N) is 1. The number of hydrogen-bond acceptors (Lipinski definition) is 4. The number of hydrogen-bond donors (Lipinski definition) is 2. The van der Waals surface area contributed by atoms with Crippen LogP contribution in [0.5, 0.6) is 0 Å². The van der Waals surface area contributed by atoms with E-state index < -0.39 is 0 Å². The first kappa shape index (κ1) is 18.6. The lowest BCUT2D eigenvalue weighted by molar-refractivity contribution is 0.112. The second-order valence-electron chi connectivity index (χ2n) is 6.15. The molecule has 5 nitrogen and oxygen atoms in total. The van der Waals surface area contributed by atoms with Crippen molar-refractivity contribution in [3.63, 3.8) is 0 Å². The van der Waals surface area contributed by atoms with E-state index >= 15 is 0 Å². The van der Waals surface area contributed by atoms with Crippen LogP contribution in [0.2, 0.25) is 0 Å². The molecule has 5 heteroatoms. The van der Waals surface area contributed by atoms with E-state index in [1.54, 1.807) is 7.11 Å². The minimum absolute atomic E-state index is 0.182. The highest BCUT2D eigenvalue weighted by molar-refractivity contribution is 5.99. The number of aldehydes is 1. The van der Waals surface area contributed by atoms with Crippen LogP contribution in [0.1, 0.15) is 28.9 Å². The van der Waals surface area contributed by atoms with Crippen molar-refractivity contribution in [2.75, 3.05) is 33.4 Å². The van der Waals surface area contributed by atoms with Crippen LogP contribution >= 0.6 is 0 Å². The summed E-state index contributed by atoms with van der Waals surface area (Å²) in [5, 5.41) is 13.7. The molecule has 1 atom stereocenters. The van der Waals surface area contributed by atoms with E-state index in [-0.39, 0.29) is 6.61 Å². The third-order valence-electron chi connectivity index (χ3n) is 4.59. The first-order chi connectivity index (χ1) is 11.7. The molecule has 1 heterocycles. The summed E-state index contributed by atoms with van der Waals surface area (Å²) >= 11 is 0. The largest absolute Gasteiger partial charge is 0.396 e. The summed E-state index contributed by atoms with van der Waals surface area (Å²) < 4.78 is 7.25. The lowest BCUT2D eigenvalue weighted by Gasteiger charge is -2.19. The van der Waals surface area contributed by atoms with Gasteiger partial charge in [-0.15, -0.1) is 0 Å². The zero-order valence-corrected chi connectivity index (χ0v) is 14.6. The number of fused-ring (bicyclic) bond motifs is 1. The Hall–Kier alpha value is -1.69. The summed E-state index contributed by atoms with van der Waals surface area (Å²) in [5.41, 5.74) is 2.86. The quantitative estimate of drug-likeness (QED) is 0.490. The molecule has 0 amide bonds. The Bertz CT molecular complexity index is 651. The third-order valence-corrected chi connectivity index (χ3v) is 4.59. The molecule has 2 rings (SSSR count). The second-order valence-corrected chi connectivity index (χ2v) is 6.15. The molecule has 1 aromatic carbocycles. The van der Waals surface area contributed by atoms with Crippen LogP contribution < -0.4 is 5.32 Å². The lowest BCUT2D eigenvalue weighted by atomic mass is 10.0. The smallest absolute Gasteiger partial charge is 0.152 e. The number of ether oxygens (including phenoxy) is 1. The topological polar surface area (TPSA) is 63.5 Å².